The van der Waals surface area contributed by atoms with Crippen molar-refractivity contribution >= 4 is 6.29 Å². The molecule has 4 nitrogen and oxygen atoms in total. The number of rotatable bonds is 3. The maximum atomic E-state index is 11.0. The van der Waals surface area contributed by atoms with Crippen LogP contribution in [0, 0.1) is 5.92 Å². The fraction of sp³-hybridized carbons (Fsp3) is 0.636. The van der Waals surface area contributed by atoms with E-state index >= 15 is 0 Å². The molecule has 1 aliphatic heterocycles. The summed E-state index contributed by atoms with van der Waals surface area (Å²) in [5, 5.41) is 4.47. The van der Waals surface area contributed by atoms with E-state index in [1.165, 1.54) is 0 Å². The lowest BCUT2D eigenvalue weighted by Crippen LogP contribution is -2.10. The molecule has 0 unspecified atom stereocenters. The third-order valence-corrected chi connectivity index (χ3v) is 2.56. The van der Waals surface area contributed by atoms with Crippen LogP contribution in [0.15, 0.2) is 0 Å². The number of carbonyl (C=O) groups is 1. The van der Waals surface area contributed by atoms with Crippen molar-refractivity contribution < 1.29 is 9.53 Å². The Bertz CT molecular complexity index is 369. The van der Waals surface area contributed by atoms with E-state index in [0.29, 0.717) is 24.8 Å². The first-order valence-electron chi connectivity index (χ1n) is 5.34. The minimum atomic E-state index is 0.492. The molecule has 0 N–H and O–H groups in total. The number of hydrogen-bond acceptors (Lipinski definition) is 3. The molecule has 1 aromatic heterocycles. The van der Waals surface area contributed by atoms with Crippen molar-refractivity contribution in [2.75, 3.05) is 6.61 Å². The van der Waals surface area contributed by atoms with E-state index in [4.69, 9.17) is 4.74 Å². The highest BCUT2D eigenvalue weighted by molar-refractivity contribution is 5.75. The Kier molecular flexibility index (Phi) is 2.86. The second-order valence-corrected chi connectivity index (χ2v) is 4.31. The van der Waals surface area contributed by atoms with Crippen LogP contribution in [0.5, 0.6) is 0 Å². The Labute approximate surface area is 89.2 Å². The van der Waals surface area contributed by atoms with Crippen molar-refractivity contribution in [1.29, 1.82) is 0 Å². The largest absolute Gasteiger partial charge is 0.376 e. The molecule has 2 heterocycles. The minimum Gasteiger partial charge on any atom is -0.376 e. The molecule has 0 amide bonds. The average Bonchev–Trinajstić information content (AvgIpc) is 2.53. The smallest absolute Gasteiger partial charge is 0.168 e. The number of nitrogens with zero attached hydrogens (tertiary/aromatic N) is 2. The van der Waals surface area contributed by atoms with Crippen LogP contribution in [0.2, 0.25) is 0 Å². The van der Waals surface area contributed by atoms with Crippen molar-refractivity contribution in [3.05, 3.63) is 17.0 Å². The molecule has 0 saturated carbocycles. The van der Waals surface area contributed by atoms with Crippen LogP contribution < -0.4 is 0 Å². The summed E-state index contributed by atoms with van der Waals surface area (Å²) in [4.78, 5) is 11.0. The van der Waals surface area contributed by atoms with Crippen molar-refractivity contribution in [3.63, 3.8) is 0 Å². The zero-order valence-electron chi connectivity index (χ0n) is 9.19. The second kappa shape index (κ2) is 4.14. The Morgan fingerprint density at radius 1 is 1.60 bits per heavy atom. The van der Waals surface area contributed by atoms with Crippen LogP contribution in [-0.4, -0.2) is 22.7 Å². The summed E-state index contributed by atoms with van der Waals surface area (Å²) in [6.07, 6.45) is 1.71. The van der Waals surface area contributed by atoms with Gasteiger partial charge in [-0.1, -0.05) is 13.8 Å². The van der Waals surface area contributed by atoms with Gasteiger partial charge in [-0.2, -0.15) is 5.10 Å². The van der Waals surface area contributed by atoms with Crippen LogP contribution in [0.1, 0.15) is 35.6 Å². The topological polar surface area (TPSA) is 44.1 Å². The van der Waals surface area contributed by atoms with Gasteiger partial charge >= 0.3 is 0 Å². The molecular formula is C11H16N2O2. The number of ether oxygens (including phenoxy) is 1. The van der Waals surface area contributed by atoms with Crippen LogP contribution in [-0.2, 0) is 24.3 Å². The Hall–Kier alpha value is -1.16. The summed E-state index contributed by atoms with van der Waals surface area (Å²) >= 11 is 0. The lowest BCUT2D eigenvalue weighted by atomic mass is 10.1. The first-order valence-corrected chi connectivity index (χ1v) is 5.34. The van der Waals surface area contributed by atoms with Gasteiger partial charge in [-0.05, 0) is 5.92 Å². The molecule has 0 fully saturated rings. The Morgan fingerprint density at radius 3 is 3.07 bits per heavy atom. The van der Waals surface area contributed by atoms with Gasteiger partial charge in [-0.15, -0.1) is 0 Å². The standard InChI is InChI=1S/C11H16N2O2/c1-8(2)5-13-11(6-14)9-7-15-4-3-10(9)12-13/h6,8H,3-5,7H2,1-2H3. The van der Waals surface area contributed by atoms with Gasteiger partial charge in [-0.3, -0.25) is 9.48 Å². The summed E-state index contributed by atoms with van der Waals surface area (Å²) in [7, 11) is 0. The fourth-order valence-electron chi connectivity index (χ4n) is 1.88. The van der Waals surface area contributed by atoms with Gasteiger partial charge < -0.3 is 4.74 Å². The highest BCUT2D eigenvalue weighted by atomic mass is 16.5. The Balaban J connectivity index is 2.37. The second-order valence-electron chi connectivity index (χ2n) is 4.31. The lowest BCUT2D eigenvalue weighted by Gasteiger charge is -2.10. The van der Waals surface area contributed by atoms with Gasteiger partial charge in [0.1, 0.15) is 5.69 Å². The number of hydrogen-bond donors (Lipinski definition) is 0. The van der Waals surface area contributed by atoms with Gasteiger partial charge in [0.15, 0.2) is 6.29 Å². The van der Waals surface area contributed by atoms with Crippen molar-refractivity contribution in [1.82, 2.24) is 9.78 Å². The van der Waals surface area contributed by atoms with Gasteiger partial charge in [0.2, 0.25) is 0 Å². The molecule has 0 atom stereocenters. The molecule has 0 bridgehead atoms. The molecular weight excluding hydrogens is 192 g/mol. The monoisotopic (exact) mass is 208 g/mol. The summed E-state index contributed by atoms with van der Waals surface area (Å²) in [5.74, 6) is 0.492. The molecule has 0 radical (unpaired) electrons. The highest BCUT2D eigenvalue weighted by Gasteiger charge is 2.20. The van der Waals surface area contributed by atoms with Crippen LogP contribution in [0.25, 0.3) is 0 Å². The maximum absolute atomic E-state index is 11.0. The van der Waals surface area contributed by atoms with Crippen LogP contribution >= 0.6 is 0 Å². The highest BCUT2D eigenvalue weighted by Crippen LogP contribution is 2.19. The average molecular weight is 208 g/mol. The molecule has 0 aromatic carbocycles. The quantitative estimate of drug-likeness (QED) is 0.706. The lowest BCUT2D eigenvalue weighted by molar-refractivity contribution is 0.105. The summed E-state index contributed by atoms with van der Waals surface area (Å²) in [5.41, 5.74) is 2.71. The van der Waals surface area contributed by atoms with Gasteiger partial charge in [0.05, 0.1) is 18.9 Å². The van der Waals surface area contributed by atoms with Gasteiger partial charge in [0, 0.05) is 18.5 Å². The predicted molar refractivity (Wildman–Crippen MR) is 55.8 cm³/mol. The predicted octanol–water partition coefficient (Wildman–Crippen LogP) is 1.42. The normalized spacial score (nSPS) is 15.4. The molecule has 0 aliphatic carbocycles. The van der Waals surface area contributed by atoms with E-state index in [9.17, 15) is 4.79 Å². The Morgan fingerprint density at radius 2 is 2.40 bits per heavy atom. The number of carbonyl (C=O) groups excluding carboxylic acids is 1. The van der Waals surface area contributed by atoms with E-state index < -0.39 is 0 Å². The molecule has 0 spiro atoms. The van der Waals surface area contributed by atoms with Crippen molar-refractivity contribution in [2.24, 2.45) is 5.92 Å². The van der Waals surface area contributed by atoms with E-state index in [1.54, 1.807) is 0 Å². The molecule has 1 aromatic rings. The van der Waals surface area contributed by atoms with Crippen molar-refractivity contribution in [3.8, 4) is 0 Å². The summed E-state index contributed by atoms with van der Waals surface area (Å²) < 4.78 is 7.16. The van der Waals surface area contributed by atoms with Gasteiger partial charge in [0.25, 0.3) is 0 Å². The van der Waals surface area contributed by atoms with Crippen molar-refractivity contribution in [2.45, 2.75) is 33.4 Å². The van der Waals surface area contributed by atoms with E-state index in [1.807, 2.05) is 4.68 Å². The molecule has 2 rings (SSSR count). The number of aromatic nitrogens is 2. The fourth-order valence-corrected chi connectivity index (χ4v) is 1.88. The summed E-state index contributed by atoms with van der Waals surface area (Å²) in [6.45, 7) is 6.27. The zero-order valence-corrected chi connectivity index (χ0v) is 9.19. The molecule has 15 heavy (non-hydrogen) atoms. The van der Waals surface area contributed by atoms with Crippen LogP contribution in [0.4, 0.5) is 0 Å². The van der Waals surface area contributed by atoms with Gasteiger partial charge in [-0.25, -0.2) is 0 Å². The number of aldehydes is 1. The molecule has 4 heteroatoms. The zero-order chi connectivity index (χ0) is 10.8. The third-order valence-electron chi connectivity index (χ3n) is 2.56. The van der Waals surface area contributed by atoms with E-state index in [-0.39, 0.29) is 0 Å². The third kappa shape index (κ3) is 1.95. The SMILES string of the molecule is CC(C)Cn1nc2c(c1C=O)COCC2. The first kappa shape index (κ1) is 10.4. The molecule has 0 saturated heterocycles. The summed E-state index contributed by atoms with van der Waals surface area (Å²) in [6, 6.07) is 0. The van der Waals surface area contributed by atoms with E-state index in [0.717, 1.165) is 30.5 Å². The molecule has 82 valence electrons. The molecule has 1 aliphatic rings. The van der Waals surface area contributed by atoms with E-state index in [2.05, 4.69) is 18.9 Å². The number of fused-ring (bicyclic) bond motifs is 1. The maximum Gasteiger partial charge on any atom is 0.168 e. The minimum absolute atomic E-state index is 0.492. The first-order chi connectivity index (χ1) is 7.22. The van der Waals surface area contributed by atoms with Crippen LogP contribution in [0.3, 0.4) is 0 Å².